The molecule has 5 heteroatoms. The van der Waals surface area contributed by atoms with Crippen molar-refractivity contribution in [3.8, 4) is 5.75 Å². The van der Waals surface area contributed by atoms with E-state index in [1.807, 2.05) is 62.4 Å². The molecule has 2 aromatic carbocycles. The number of carbonyl (C=O) groups is 1. The Morgan fingerprint density at radius 2 is 1.77 bits per heavy atom. The maximum Gasteiger partial charge on any atom is 0.262 e. The van der Waals surface area contributed by atoms with E-state index < -0.39 is 0 Å². The van der Waals surface area contributed by atoms with Crippen molar-refractivity contribution >= 4 is 29.4 Å². The van der Waals surface area contributed by atoms with E-state index in [-0.39, 0.29) is 23.6 Å². The number of carbonyl (C=O) groups excluding carboxylic acids is 1. The Bertz CT molecular complexity index is 911. The molecule has 1 N–H and O–H groups in total. The lowest BCUT2D eigenvalue weighted by Gasteiger charge is -2.39. The van der Waals surface area contributed by atoms with Crippen LogP contribution in [-0.4, -0.2) is 28.5 Å². The summed E-state index contributed by atoms with van der Waals surface area (Å²) in [7, 11) is 0. The van der Waals surface area contributed by atoms with Gasteiger partial charge < -0.3 is 15.0 Å². The minimum absolute atomic E-state index is 0.0877. The Balaban J connectivity index is 1.58. The molecule has 1 aliphatic heterocycles. The maximum atomic E-state index is 13.5. The second kappa shape index (κ2) is 9.82. The number of para-hydroxylation sites is 1. The smallest absolute Gasteiger partial charge is 0.262 e. The van der Waals surface area contributed by atoms with E-state index in [1.165, 1.54) is 19.3 Å². The van der Waals surface area contributed by atoms with E-state index in [4.69, 9.17) is 4.74 Å². The topological polar surface area (TPSA) is 41.6 Å². The fourth-order valence-electron chi connectivity index (χ4n) is 4.43. The summed E-state index contributed by atoms with van der Waals surface area (Å²) in [5.41, 5.74) is 1.97. The van der Waals surface area contributed by atoms with Crippen LogP contribution in [0.2, 0.25) is 0 Å². The Morgan fingerprint density at radius 1 is 1.06 bits per heavy atom. The van der Waals surface area contributed by atoms with Gasteiger partial charge in [0.15, 0.2) is 5.50 Å². The third-order valence-electron chi connectivity index (χ3n) is 5.97. The van der Waals surface area contributed by atoms with Crippen molar-refractivity contribution in [1.29, 1.82) is 0 Å². The van der Waals surface area contributed by atoms with Crippen LogP contribution in [0.15, 0.2) is 59.5 Å². The van der Waals surface area contributed by atoms with Gasteiger partial charge in [0.1, 0.15) is 5.75 Å². The monoisotopic (exact) mass is 436 g/mol. The first-order chi connectivity index (χ1) is 15.0. The summed E-state index contributed by atoms with van der Waals surface area (Å²) in [6, 6.07) is 18.4. The van der Waals surface area contributed by atoms with E-state index in [9.17, 15) is 4.79 Å². The van der Waals surface area contributed by atoms with Gasteiger partial charge in [0, 0.05) is 11.7 Å². The van der Waals surface area contributed by atoms with Crippen molar-refractivity contribution in [3.05, 3.63) is 65.1 Å². The minimum Gasteiger partial charge on any atom is -0.491 e. The standard InChI is InChI=1S/C26H32N2O2S/c1-18(2)30-22-15-13-20(14-16-22)17-24-25(29)28(23-12-8-7-9-19(23)3)26(31-24)27-21-10-5-4-6-11-21/h4-6,10-11,13-19,23,26-27H,7-9,12H2,1-3H3/b24-17-/t19-,23+,26?/m1/s1. The number of anilines is 1. The largest absolute Gasteiger partial charge is 0.491 e. The Labute approximate surface area is 190 Å². The number of nitrogens with one attached hydrogen (secondary N) is 1. The van der Waals surface area contributed by atoms with Gasteiger partial charge >= 0.3 is 0 Å². The first-order valence-electron chi connectivity index (χ1n) is 11.3. The molecule has 1 saturated heterocycles. The molecule has 2 fully saturated rings. The SMILES string of the molecule is CC(C)Oc1ccc(/C=C2\SC(Nc3ccccc3)N([C@H]3CCCC[C@H]3C)C2=O)cc1. The Kier molecular flexibility index (Phi) is 6.91. The molecule has 4 rings (SSSR count). The molecular formula is C26H32N2O2S. The van der Waals surface area contributed by atoms with E-state index in [2.05, 4.69) is 29.3 Å². The van der Waals surface area contributed by atoms with Crippen molar-refractivity contribution < 1.29 is 9.53 Å². The zero-order chi connectivity index (χ0) is 21.8. The van der Waals surface area contributed by atoms with Crippen molar-refractivity contribution in [1.82, 2.24) is 4.90 Å². The molecule has 4 nitrogen and oxygen atoms in total. The first kappa shape index (κ1) is 21.8. The van der Waals surface area contributed by atoms with Crippen LogP contribution in [0, 0.1) is 5.92 Å². The highest BCUT2D eigenvalue weighted by Gasteiger charge is 2.42. The molecule has 0 spiro atoms. The van der Waals surface area contributed by atoms with E-state index >= 15 is 0 Å². The normalized spacial score (nSPS) is 25.3. The summed E-state index contributed by atoms with van der Waals surface area (Å²) >= 11 is 1.62. The lowest BCUT2D eigenvalue weighted by molar-refractivity contribution is -0.129. The predicted molar refractivity (Wildman–Crippen MR) is 130 cm³/mol. The van der Waals surface area contributed by atoms with Crippen molar-refractivity contribution in [2.24, 2.45) is 5.92 Å². The molecule has 2 aliphatic rings. The van der Waals surface area contributed by atoms with Crippen LogP contribution < -0.4 is 10.1 Å². The number of benzene rings is 2. The summed E-state index contributed by atoms with van der Waals surface area (Å²) < 4.78 is 5.74. The van der Waals surface area contributed by atoms with Gasteiger partial charge in [0.2, 0.25) is 0 Å². The highest BCUT2D eigenvalue weighted by atomic mass is 32.2. The highest BCUT2D eigenvalue weighted by molar-refractivity contribution is 8.05. The second-order valence-electron chi connectivity index (χ2n) is 8.77. The second-order valence-corrected chi connectivity index (χ2v) is 9.89. The number of amides is 1. The zero-order valence-electron chi connectivity index (χ0n) is 18.6. The van der Waals surface area contributed by atoms with Gasteiger partial charge in [-0.1, -0.05) is 61.9 Å². The van der Waals surface area contributed by atoms with Gasteiger partial charge in [0.05, 0.1) is 11.0 Å². The molecule has 0 bridgehead atoms. The van der Waals surface area contributed by atoms with Crippen LogP contribution in [0.1, 0.15) is 52.0 Å². The lowest BCUT2D eigenvalue weighted by atomic mass is 9.85. The highest BCUT2D eigenvalue weighted by Crippen LogP contribution is 2.42. The third-order valence-corrected chi connectivity index (χ3v) is 7.09. The van der Waals surface area contributed by atoms with Crippen molar-refractivity contribution in [3.63, 3.8) is 0 Å². The fourth-order valence-corrected chi connectivity index (χ4v) is 5.65. The number of hydrogen-bond acceptors (Lipinski definition) is 4. The number of ether oxygens (including phenoxy) is 1. The molecule has 0 radical (unpaired) electrons. The van der Waals surface area contributed by atoms with Gasteiger partial charge in [-0.15, -0.1) is 0 Å². The average molecular weight is 437 g/mol. The Hall–Kier alpha value is -2.40. The van der Waals surface area contributed by atoms with Gasteiger partial charge in [-0.25, -0.2) is 0 Å². The molecular weight excluding hydrogens is 404 g/mol. The summed E-state index contributed by atoms with van der Waals surface area (Å²) in [6.45, 7) is 6.32. The zero-order valence-corrected chi connectivity index (χ0v) is 19.4. The molecule has 1 unspecified atom stereocenters. The van der Waals surface area contributed by atoms with E-state index in [0.717, 1.165) is 28.3 Å². The van der Waals surface area contributed by atoms with Crippen molar-refractivity contribution in [2.75, 3.05) is 5.32 Å². The summed E-state index contributed by atoms with van der Waals surface area (Å²) in [5, 5.41) is 3.59. The Morgan fingerprint density at radius 3 is 2.45 bits per heavy atom. The van der Waals surface area contributed by atoms with Crippen LogP contribution in [0.5, 0.6) is 5.75 Å². The van der Waals surface area contributed by atoms with E-state index in [1.54, 1.807) is 11.8 Å². The minimum atomic E-state index is -0.0877. The predicted octanol–water partition coefficient (Wildman–Crippen LogP) is 6.36. The molecule has 1 saturated carbocycles. The van der Waals surface area contributed by atoms with Crippen LogP contribution >= 0.6 is 11.8 Å². The van der Waals surface area contributed by atoms with E-state index in [0.29, 0.717) is 5.92 Å². The fraction of sp³-hybridized carbons (Fsp3) is 0.423. The maximum absolute atomic E-state index is 13.5. The average Bonchev–Trinajstić information content (AvgIpc) is 3.05. The first-order valence-corrected chi connectivity index (χ1v) is 12.2. The van der Waals surface area contributed by atoms with Crippen LogP contribution in [0.3, 0.4) is 0 Å². The van der Waals surface area contributed by atoms with Crippen LogP contribution in [-0.2, 0) is 4.79 Å². The molecule has 2 aromatic rings. The summed E-state index contributed by atoms with van der Waals surface area (Å²) in [6.07, 6.45) is 6.88. The molecule has 0 aromatic heterocycles. The number of rotatable bonds is 6. The van der Waals surface area contributed by atoms with Gasteiger partial charge in [-0.3, -0.25) is 4.79 Å². The molecule has 3 atom stereocenters. The number of nitrogens with zero attached hydrogens (tertiary/aromatic N) is 1. The molecule has 31 heavy (non-hydrogen) atoms. The summed E-state index contributed by atoms with van der Waals surface area (Å²) in [5.74, 6) is 1.51. The molecule has 164 valence electrons. The quantitative estimate of drug-likeness (QED) is 0.535. The third kappa shape index (κ3) is 5.27. The number of hydrogen-bond donors (Lipinski definition) is 1. The van der Waals surface area contributed by atoms with Crippen LogP contribution in [0.4, 0.5) is 5.69 Å². The van der Waals surface area contributed by atoms with Gasteiger partial charge in [0.25, 0.3) is 5.91 Å². The summed E-state index contributed by atoms with van der Waals surface area (Å²) in [4.78, 5) is 16.4. The lowest BCUT2D eigenvalue weighted by Crippen LogP contribution is -2.48. The van der Waals surface area contributed by atoms with Gasteiger partial charge in [-0.2, -0.15) is 0 Å². The van der Waals surface area contributed by atoms with Gasteiger partial charge in [-0.05, 0) is 68.5 Å². The number of thioether (sulfide) groups is 1. The molecule has 1 amide bonds. The van der Waals surface area contributed by atoms with Crippen molar-refractivity contribution in [2.45, 2.75) is 64.1 Å². The van der Waals surface area contributed by atoms with Crippen LogP contribution in [0.25, 0.3) is 6.08 Å². The molecule has 1 aliphatic carbocycles. The molecule has 1 heterocycles.